The molecule has 2 aromatic rings. The highest BCUT2D eigenvalue weighted by atomic mass is 32.1. The first kappa shape index (κ1) is 14.3. The molecule has 2 heterocycles. The van der Waals surface area contributed by atoms with Crippen LogP contribution in [0.2, 0.25) is 0 Å². The van der Waals surface area contributed by atoms with Crippen LogP contribution < -0.4 is 16.6 Å². The Kier molecular flexibility index (Phi) is 4.24. The Morgan fingerprint density at radius 1 is 1.40 bits per heavy atom. The molecule has 1 amide bonds. The summed E-state index contributed by atoms with van der Waals surface area (Å²) in [6.07, 6.45) is 1.47. The van der Waals surface area contributed by atoms with Crippen LogP contribution in [0.25, 0.3) is 0 Å². The van der Waals surface area contributed by atoms with Crippen LogP contribution in [-0.2, 0) is 17.9 Å². The molecule has 0 aliphatic heterocycles. The number of nitrogens with one attached hydrogen (secondary N) is 1. The van der Waals surface area contributed by atoms with E-state index in [1.165, 1.54) is 33.3 Å². The van der Waals surface area contributed by atoms with Crippen molar-refractivity contribution in [2.75, 3.05) is 5.73 Å². The molecule has 0 bridgehead atoms. The summed E-state index contributed by atoms with van der Waals surface area (Å²) < 4.78 is 1.30. The van der Waals surface area contributed by atoms with Gasteiger partial charge in [-0.1, -0.05) is 0 Å². The minimum absolute atomic E-state index is 0.0206. The lowest BCUT2D eigenvalue weighted by molar-refractivity contribution is -0.121. The van der Waals surface area contributed by atoms with E-state index in [1.54, 1.807) is 11.3 Å². The van der Waals surface area contributed by atoms with Gasteiger partial charge < -0.3 is 15.6 Å². The fourth-order valence-corrected chi connectivity index (χ4v) is 2.80. The third kappa shape index (κ3) is 3.48. The van der Waals surface area contributed by atoms with Crippen LogP contribution in [0.1, 0.15) is 15.3 Å². The number of nitrogen functional groups attached to an aromatic ring is 1. The first-order valence-electron chi connectivity index (χ1n) is 6.24. The number of carbonyl (C=O) groups excluding carboxylic acids is 1. The van der Waals surface area contributed by atoms with Crippen LogP contribution in [0.5, 0.6) is 0 Å². The van der Waals surface area contributed by atoms with Gasteiger partial charge in [-0.25, -0.2) is 0 Å². The molecule has 0 aliphatic carbocycles. The Bertz CT molecular complexity index is 668. The van der Waals surface area contributed by atoms with Gasteiger partial charge in [0.05, 0.1) is 6.54 Å². The third-order valence-electron chi connectivity index (χ3n) is 3.00. The Morgan fingerprint density at radius 3 is 2.80 bits per heavy atom. The second kappa shape index (κ2) is 5.92. The van der Waals surface area contributed by atoms with Gasteiger partial charge in [-0.2, -0.15) is 0 Å². The van der Waals surface area contributed by atoms with E-state index in [-0.39, 0.29) is 18.0 Å². The Morgan fingerprint density at radius 2 is 2.15 bits per heavy atom. The molecule has 2 aromatic heterocycles. The number of hydrogen-bond acceptors (Lipinski definition) is 4. The zero-order valence-corrected chi connectivity index (χ0v) is 12.3. The first-order valence-corrected chi connectivity index (χ1v) is 7.06. The molecular formula is C14H17N3O2S. The van der Waals surface area contributed by atoms with E-state index in [2.05, 4.69) is 18.3 Å². The van der Waals surface area contributed by atoms with Gasteiger partial charge in [0.1, 0.15) is 6.54 Å². The summed E-state index contributed by atoms with van der Waals surface area (Å²) in [7, 11) is 0. The number of aryl methyl sites for hydroxylation is 2. The van der Waals surface area contributed by atoms with Gasteiger partial charge in [0.15, 0.2) is 0 Å². The van der Waals surface area contributed by atoms with E-state index in [0.717, 1.165) is 4.88 Å². The van der Waals surface area contributed by atoms with Gasteiger partial charge >= 0.3 is 0 Å². The molecule has 0 radical (unpaired) electrons. The largest absolute Gasteiger partial charge is 0.398 e. The van der Waals surface area contributed by atoms with E-state index in [0.29, 0.717) is 12.2 Å². The molecule has 0 aromatic carbocycles. The number of amides is 1. The van der Waals surface area contributed by atoms with Crippen molar-refractivity contribution in [1.82, 2.24) is 9.88 Å². The predicted molar refractivity (Wildman–Crippen MR) is 80.8 cm³/mol. The lowest BCUT2D eigenvalue weighted by atomic mass is 10.3. The molecule has 0 fully saturated rings. The van der Waals surface area contributed by atoms with Crippen LogP contribution in [0.4, 0.5) is 5.69 Å². The van der Waals surface area contributed by atoms with Crippen molar-refractivity contribution in [2.24, 2.45) is 0 Å². The van der Waals surface area contributed by atoms with Crippen LogP contribution in [0, 0.1) is 13.8 Å². The Hall–Kier alpha value is -2.08. The Balaban J connectivity index is 1.96. The minimum Gasteiger partial charge on any atom is -0.398 e. The fraction of sp³-hybridized carbons (Fsp3) is 0.286. The van der Waals surface area contributed by atoms with E-state index < -0.39 is 0 Å². The van der Waals surface area contributed by atoms with Crippen molar-refractivity contribution < 1.29 is 4.79 Å². The smallest absolute Gasteiger partial charge is 0.251 e. The number of aromatic nitrogens is 1. The van der Waals surface area contributed by atoms with E-state index >= 15 is 0 Å². The summed E-state index contributed by atoms with van der Waals surface area (Å²) in [6.45, 7) is 4.56. The van der Waals surface area contributed by atoms with Gasteiger partial charge in [-0.3, -0.25) is 9.59 Å². The highest BCUT2D eigenvalue weighted by Crippen LogP contribution is 2.20. The summed E-state index contributed by atoms with van der Waals surface area (Å²) in [5.41, 5.74) is 7.05. The Labute approximate surface area is 121 Å². The maximum absolute atomic E-state index is 11.8. The zero-order chi connectivity index (χ0) is 14.7. The lowest BCUT2D eigenvalue weighted by Crippen LogP contribution is -2.31. The summed E-state index contributed by atoms with van der Waals surface area (Å²) in [5, 5.41) is 2.81. The minimum atomic E-state index is -0.239. The van der Waals surface area contributed by atoms with Crippen molar-refractivity contribution in [3.05, 3.63) is 50.1 Å². The summed E-state index contributed by atoms with van der Waals surface area (Å²) in [6, 6.07) is 4.94. The molecule has 106 valence electrons. The van der Waals surface area contributed by atoms with Crippen LogP contribution in [0.3, 0.4) is 0 Å². The van der Waals surface area contributed by atoms with E-state index in [1.807, 2.05) is 6.92 Å². The highest BCUT2D eigenvalue weighted by molar-refractivity contribution is 7.12. The predicted octanol–water partition coefficient (Wildman–Crippen LogP) is 1.43. The topological polar surface area (TPSA) is 77.1 Å². The molecule has 0 spiro atoms. The maximum Gasteiger partial charge on any atom is 0.251 e. The van der Waals surface area contributed by atoms with Gasteiger partial charge in [0.25, 0.3) is 5.56 Å². The molecule has 2 rings (SSSR count). The van der Waals surface area contributed by atoms with Crippen molar-refractivity contribution >= 4 is 22.9 Å². The molecule has 20 heavy (non-hydrogen) atoms. The van der Waals surface area contributed by atoms with E-state index in [4.69, 9.17) is 5.73 Å². The number of nitrogens with two attached hydrogens (primary N) is 1. The normalized spacial score (nSPS) is 10.5. The van der Waals surface area contributed by atoms with Crippen LogP contribution in [-0.4, -0.2) is 10.5 Å². The molecule has 3 N–H and O–H groups in total. The number of hydrogen-bond donors (Lipinski definition) is 2. The lowest BCUT2D eigenvalue weighted by Gasteiger charge is -2.07. The van der Waals surface area contributed by atoms with E-state index in [9.17, 15) is 9.59 Å². The first-order chi connectivity index (χ1) is 9.45. The van der Waals surface area contributed by atoms with Gasteiger partial charge in [-0.05, 0) is 31.5 Å². The standard InChI is InChI=1S/C14H17N3O2S/c1-9-5-12(20-10(9)2)6-16-13(18)8-17-7-11(15)3-4-14(17)19/h3-5,7H,6,8,15H2,1-2H3,(H,16,18). The number of thiophene rings is 1. The maximum atomic E-state index is 11.8. The van der Waals surface area contributed by atoms with Gasteiger partial charge in [0.2, 0.25) is 5.91 Å². The second-order valence-electron chi connectivity index (χ2n) is 4.66. The van der Waals surface area contributed by atoms with Crippen molar-refractivity contribution in [1.29, 1.82) is 0 Å². The van der Waals surface area contributed by atoms with Crippen LogP contribution in [0.15, 0.2) is 29.2 Å². The fourth-order valence-electron chi connectivity index (χ4n) is 1.81. The SMILES string of the molecule is Cc1cc(CNC(=O)Cn2cc(N)ccc2=O)sc1C. The summed E-state index contributed by atoms with van der Waals surface area (Å²) >= 11 is 1.66. The highest BCUT2D eigenvalue weighted by Gasteiger charge is 2.06. The number of pyridine rings is 1. The summed E-state index contributed by atoms with van der Waals surface area (Å²) in [4.78, 5) is 25.7. The zero-order valence-electron chi connectivity index (χ0n) is 11.5. The van der Waals surface area contributed by atoms with Crippen LogP contribution >= 0.6 is 11.3 Å². The van der Waals surface area contributed by atoms with Crippen molar-refractivity contribution in [2.45, 2.75) is 26.9 Å². The quantitative estimate of drug-likeness (QED) is 0.894. The average Bonchev–Trinajstić information content (AvgIpc) is 2.71. The number of carbonyl (C=O) groups is 1. The molecule has 0 unspecified atom stereocenters. The second-order valence-corrected chi connectivity index (χ2v) is 6.00. The molecule has 0 saturated carbocycles. The van der Waals surface area contributed by atoms with Gasteiger partial charge in [0, 0.05) is 27.7 Å². The van der Waals surface area contributed by atoms with Gasteiger partial charge in [-0.15, -0.1) is 11.3 Å². The molecule has 6 heteroatoms. The molecule has 0 saturated heterocycles. The number of rotatable bonds is 4. The number of anilines is 1. The summed E-state index contributed by atoms with van der Waals surface area (Å²) in [5.74, 6) is -0.207. The van der Waals surface area contributed by atoms with Crippen molar-refractivity contribution in [3.63, 3.8) is 0 Å². The molecular weight excluding hydrogens is 274 g/mol. The molecule has 0 aliphatic rings. The monoisotopic (exact) mass is 291 g/mol. The molecule has 5 nitrogen and oxygen atoms in total. The number of nitrogens with zero attached hydrogens (tertiary/aromatic N) is 1. The molecule has 0 atom stereocenters. The average molecular weight is 291 g/mol. The third-order valence-corrected chi connectivity index (χ3v) is 4.15. The van der Waals surface area contributed by atoms with Crippen molar-refractivity contribution in [3.8, 4) is 0 Å².